The molecule has 7 heteroatoms. The Kier molecular flexibility index (Phi) is 4.85. The first-order chi connectivity index (χ1) is 12.8. The van der Waals surface area contributed by atoms with E-state index in [1.807, 2.05) is 5.32 Å². The number of phenols is 1. The Balaban J connectivity index is 2.06. The lowest BCUT2D eigenvalue weighted by Gasteiger charge is -2.14. The summed E-state index contributed by atoms with van der Waals surface area (Å²) >= 11 is 0. The number of amides is 1. The number of hydrogen-bond acceptors (Lipinski definition) is 2. The van der Waals surface area contributed by atoms with Gasteiger partial charge in [-0.05, 0) is 53.9 Å². The van der Waals surface area contributed by atoms with Crippen molar-refractivity contribution in [3.63, 3.8) is 0 Å². The molecule has 0 spiro atoms. The van der Waals surface area contributed by atoms with Crippen molar-refractivity contribution < 1.29 is 27.5 Å². The normalized spacial score (nSPS) is 10.7. The molecule has 3 aromatic carbocycles. The number of benzene rings is 3. The van der Waals surface area contributed by atoms with Crippen LogP contribution in [0.5, 0.6) is 5.75 Å². The van der Waals surface area contributed by atoms with Crippen LogP contribution in [-0.4, -0.2) is 11.0 Å². The summed E-state index contributed by atoms with van der Waals surface area (Å²) in [5, 5.41) is 11.3. The van der Waals surface area contributed by atoms with Crippen molar-refractivity contribution in [2.24, 2.45) is 0 Å². The van der Waals surface area contributed by atoms with Crippen LogP contribution in [0, 0.1) is 30.2 Å². The van der Waals surface area contributed by atoms with Crippen LogP contribution in [0.2, 0.25) is 0 Å². The molecule has 0 aliphatic heterocycles. The number of carbonyl (C=O) groups excluding carboxylic acids is 1. The van der Waals surface area contributed by atoms with Gasteiger partial charge < -0.3 is 10.4 Å². The maximum absolute atomic E-state index is 14.3. The first-order valence-electron chi connectivity index (χ1n) is 7.83. The average Bonchev–Trinajstić information content (AvgIpc) is 2.62. The second-order valence-electron chi connectivity index (χ2n) is 5.81. The minimum absolute atomic E-state index is 0.166. The highest BCUT2D eigenvalue weighted by Gasteiger charge is 2.22. The lowest BCUT2D eigenvalue weighted by molar-refractivity contribution is 0.102. The molecule has 0 heterocycles. The Morgan fingerprint density at radius 2 is 1.67 bits per heavy atom. The summed E-state index contributed by atoms with van der Waals surface area (Å²) in [6.07, 6.45) is 0. The molecule has 0 radical (unpaired) electrons. The summed E-state index contributed by atoms with van der Waals surface area (Å²) in [6, 6.07) is 9.45. The quantitative estimate of drug-likeness (QED) is 0.620. The molecule has 0 saturated carbocycles. The van der Waals surface area contributed by atoms with Gasteiger partial charge in [-0.2, -0.15) is 0 Å². The van der Waals surface area contributed by atoms with Crippen LogP contribution in [0.1, 0.15) is 15.9 Å². The van der Waals surface area contributed by atoms with E-state index in [0.717, 1.165) is 18.2 Å². The SMILES string of the molecule is Cc1c(-c2cccc(F)c2)ccc(F)c1C(=O)Nc1c(F)ccc(O)c1F. The van der Waals surface area contributed by atoms with E-state index >= 15 is 0 Å². The van der Waals surface area contributed by atoms with Crippen molar-refractivity contribution in [1.82, 2.24) is 0 Å². The van der Waals surface area contributed by atoms with Gasteiger partial charge in [0.25, 0.3) is 5.91 Å². The van der Waals surface area contributed by atoms with Crippen LogP contribution < -0.4 is 5.32 Å². The lowest BCUT2D eigenvalue weighted by Crippen LogP contribution is -2.18. The van der Waals surface area contributed by atoms with Gasteiger partial charge in [-0.15, -0.1) is 0 Å². The topological polar surface area (TPSA) is 49.3 Å². The fourth-order valence-electron chi connectivity index (χ4n) is 2.76. The minimum Gasteiger partial charge on any atom is -0.505 e. The molecule has 0 aliphatic rings. The molecule has 0 unspecified atom stereocenters. The number of nitrogens with one attached hydrogen (secondary N) is 1. The highest BCUT2D eigenvalue weighted by molar-refractivity contribution is 6.06. The first-order valence-corrected chi connectivity index (χ1v) is 7.83. The Morgan fingerprint density at radius 3 is 2.37 bits per heavy atom. The summed E-state index contributed by atoms with van der Waals surface area (Å²) in [5.74, 6) is -5.89. The Hall–Kier alpha value is -3.35. The number of carbonyl (C=O) groups is 1. The molecule has 0 saturated heterocycles. The molecule has 0 bridgehead atoms. The van der Waals surface area contributed by atoms with Gasteiger partial charge in [0.15, 0.2) is 11.6 Å². The van der Waals surface area contributed by atoms with Gasteiger partial charge in [-0.25, -0.2) is 17.6 Å². The zero-order chi connectivity index (χ0) is 19.7. The Bertz CT molecular complexity index is 1050. The predicted octanol–water partition coefficient (Wildman–Crippen LogP) is 5.18. The summed E-state index contributed by atoms with van der Waals surface area (Å²) in [7, 11) is 0. The van der Waals surface area contributed by atoms with Gasteiger partial charge in [0.2, 0.25) is 0 Å². The summed E-state index contributed by atoms with van der Waals surface area (Å²) in [5.41, 5.74) is -0.373. The van der Waals surface area contributed by atoms with E-state index in [1.165, 1.54) is 31.2 Å². The zero-order valence-corrected chi connectivity index (χ0v) is 14.0. The van der Waals surface area contributed by atoms with Crippen molar-refractivity contribution in [1.29, 1.82) is 0 Å². The largest absolute Gasteiger partial charge is 0.505 e. The molecule has 3 aromatic rings. The summed E-state index contributed by atoms with van der Waals surface area (Å²) in [4.78, 5) is 12.5. The van der Waals surface area contributed by atoms with E-state index in [2.05, 4.69) is 0 Å². The maximum Gasteiger partial charge on any atom is 0.259 e. The lowest BCUT2D eigenvalue weighted by atomic mass is 9.95. The monoisotopic (exact) mass is 375 g/mol. The number of hydrogen-bond donors (Lipinski definition) is 2. The zero-order valence-electron chi connectivity index (χ0n) is 14.0. The van der Waals surface area contributed by atoms with Crippen LogP contribution in [0.25, 0.3) is 11.1 Å². The summed E-state index contributed by atoms with van der Waals surface area (Å²) in [6.45, 7) is 1.44. The van der Waals surface area contributed by atoms with Gasteiger partial charge in [-0.1, -0.05) is 18.2 Å². The van der Waals surface area contributed by atoms with E-state index in [9.17, 15) is 27.5 Å². The van der Waals surface area contributed by atoms with Crippen LogP contribution in [-0.2, 0) is 0 Å². The molecule has 3 rings (SSSR count). The van der Waals surface area contributed by atoms with E-state index in [4.69, 9.17) is 0 Å². The second kappa shape index (κ2) is 7.11. The van der Waals surface area contributed by atoms with Crippen molar-refractivity contribution in [3.05, 3.63) is 82.9 Å². The van der Waals surface area contributed by atoms with E-state index in [1.54, 1.807) is 6.07 Å². The van der Waals surface area contributed by atoms with Crippen molar-refractivity contribution in [3.8, 4) is 16.9 Å². The van der Waals surface area contributed by atoms with Crippen LogP contribution in [0.3, 0.4) is 0 Å². The van der Waals surface area contributed by atoms with E-state index < -0.39 is 46.2 Å². The minimum atomic E-state index is -1.37. The number of halogens is 4. The van der Waals surface area contributed by atoms with Crippen molar-refractivity contribution >= 4 is 11.6 Å². The smallest absolute Gasteiger partial charge is 0.259 e. The van der Waals surface area contributed by atoms with Crippen LogP contribution >= 0.6 is 0 Å². The second-order valence-corrected chi connectivity index (χ2v) is 5.81. The molecule has 138 valence electrons. The number of rotatable bonds is 3. The third-order valence-corrected chi connectivity index (χ3v) is 4.09. The first kappa shape index (κ1) is 18.4. The fraction of sp³-hybridized carbons (Fsp3) is 0.0500. The molecular weight excluding hydrogens is 362 g/mol. The highest BCUT2D eigenvalue weighted by Crippen LogP contribution is 2.30. The molecule has 0 atom stereocenters. The Morgan fingerprint density at radius 1 is 0.963 bits per heavy atom. The van der Waals surface area contributed by atoms with Crippen molar-refractivity contribution in [2.75, 3.05) is 5.32 Å². The van der Waals surface area contributed by atoms with Gasteiger partial charge >= 0.3 is 0 Å². The van der Waals surface area contributed by atoms with Gasteiger partial charge in [0.1, 0.15) is 23.1 Å². The molecular formula is C20H13F4NO2. The van der Waals surface area contributed by atoms with Gasteiger partial charge in [0, 0.05) is 0 Å². The van der Waals surface area contributed by atoms with Crippen LogP contribution in [0.15, 0.2) is 48.5 Å². The third-order valence-electron chi connectivity index (χ3n) is 4.09. The summed E-state index contributed by atoms with van der Waals surface area (Å²) < 4.78 is 55.4. The molecule has 0 aromatic heterocycles. The number of aromatic hydroxyl groups is 1. The molecule has 0 fully saturated rings. The fourth-order valence-corrected chi connectivity index (χ4v) is 2.76. The number of phenolic OH excluding ortho intramolecular Hbond substituents is 1. The molecule has 0 aliphatic carbocycles. The average molecular weight is 375 g/mol. The van der Waals surface area contributed by atoms with E-state index in [-0.39, 0.29) is 5.56 Å². The molecule has 2 N–H and O–H groups in total. The Labute approximate surface area is 151 Å². The standard InChI is InChI=1S/C20H13F4NO2/c1-10-13(11-3-2-4-12(21)9-11)5-6-14(22)17(10)20(27)25-19-15(23)7-8-16(26)18(19)24/h2-9,26H,1H3,(H,25,27). The highest BCUT2D eigenvalue weighted by atomic mass is 19.1. The molecule has 1 amide bonds. The van der Waals surface area contributed by atoms with Crippen LogP contribution in [0.4, 0.5) is 23.2 Å². The molecule has 3 nitrogen and oxygen atoms in total. The number of anilines is 1. The van der Waals surface area contributed by atoms with E-state index in [0.29, 0.717) is 11.1 Å². The predicted molar refractivity (Wildman–Crippen MR) is 92.5 cm³/mol. The maximum atomic E-state index is 14.3. The van der Waals surface area contributed by atoms with Gasteiger partial charge in [0.05, 0.1) is 5.56 Å². The molecule has 27 heavy (non-hydrogen) atoms. The third kappa shape index (κ3) is 3.48. The van der Waals surface area contributed by atoms with Crippen molar-refractivity contribution in [2.45, 2.75) is 6.92 Å². The van der Waals surface area contributed by atoms with Gasteiger partial charge in [-0.3, -0.25) is 4.79 Å².